The average molecular weight is 394 g/mol. The van der Waals surface area contributed by atoms with Gasteiger partial charge in [0.2, 0.25) is 10.0 Å². The lowest BCUT2D eigenvalue weighted by Crippen LogP contribution is -2.39. The Kier molecular flexibility index (Phi) is 4.90. The fraction of sp³-hybridized carbons (Fsp3) is 0.333. The predicted octanol–water partition coefficient (Wildman–Crippen LogP) is 4.44. The van der Waals surface area contributed by atoms with E-state index in [4.69, 9.17) is 0 Å². The van der Waals surface area contributed by atoms with Crippen LogP contribution in [0.15, 0.2) is 64.0 Å². The summed E-state index contributed by atoms with van der Waals surface area (Å²) in [6.45, 7) is 2.43. The molecule has 0 aliphatic heterocycles. The Hall–Kier alpha value is -1.17. The van der Waals surface area contributed by atoms with Gasteiger partial charge in [0.25, 0.3) is 0 Å². The van der Waals surface area contributed by atoms with E-state index in [0.717, 1.165) is 22.9 Å². The first-order valence-corrected chi connectivity index (χ1v) is 10.0. The highest BCUT2D eigenvalue weighted by Gasteiger charge is 2.38. The Morgan fingerprint density at radius 3 is 2.43 bits per heavy atom. The zero-order chi connectivity index (χ0) is 16.4. The molecule has 1 aliphatic carbocycles. The van der Waals surface area contributed by atoms with Crippen LogP contribution in [0.25, 0.3) is 0 Å². The van der Waals surface area contributed by atoms with Gasteiger partial charge in [0.1, 0.15) is 0 Å². The van der Waals surface area contributed by atoms with E-state index in [9.17, 15) is 8.42 Å². The normalized spacial score (nSPS) is 16.5. The maximum atomic E-state index is 13.2. The standard InChI is InChI=1S/C18H20BrNO2S/c1-14(16-10-11-16)20(13-15-6-3-2-4-7-15)23(21,22)18-9-5-8-17(19)12-18/h2-9,12,14,16H,10-11,13H2,1H3/t14-/m1/s1. The first kappa shape index (κ1) is 16.7. The smallest absolute Gasteiger partial charge is 0.207 e. The van der Waals surface area contributed by atoms with Crippen LogP contribution in [0.4, 0.5) is 0 Å². The highest BCUT2D eigenvalue weighted by atomic mass is 79.9. The summed E-state index contributed by atoms with van der Waals surface area (Å²) in [5.41, 5.74) is 1.01. The second kappa shape index (κ2) is 6.75. The molecule has 2 aromatic carbocycles. The highest BCUT2D eigenvalue weighted by Crippen LogP contribution is 2.38. The Morgan fingerprint density at radius 1 is 1.13 bits per heavy atom. The zero-order valence-corrected chi connectivity index (χ0v) is 15.4. The van der Waals surface area contributed by atoms with Crippen molar-refractivity contribution in [2.45, 2.75) is 37.2 Å². The third kappa shape index (κ3) is 3.84. The molecular weight excluding hydrogens is 374 g/mol. The van der Waals surface area contributed by atoms with Crippen LogP contribution in [0.1, 0.15) is 25.3 Å². The molecule has 0 aromatic heterocycles. The van der Waals surface area contributed by atoms with Crippen LogP contribution in [0.5, 0.6) is 0 Å². The molecule has 1 fully saturated rings. The van der Waals surface area contributed by atoms with Crippen molar-refractivity contribution in [2.24, 2.45) is 5.92 Å². The van der Waals surface area contributed by atoms with Crippen molar-refractivity contribution in [3.63, 3.8) is 0 Å². The number of rotatable bonds is 6. The number of hydrogen-bond donors (Lipinski definition) is 0. The molecule has 1 atom stereocenters. The first-order valence-electron chi connectivity index (χ1n) is 7.80. The SMILES string of the molecule is C[C@H](C1CC1)N(Cc1ccccc1)S(=O)(=O)c1cccc(Br)c1. The minimum atomic E-state index is -3.52. The minimum Gasteiger partial charge on any atom is -0.207 e. The second-order valence-corrected chi connectivity index (χ2v) is 8.88. The van der Waals surface area contributed by atoms with E-state index in [1.54, 1.807) is 22.5 Å². The number of sulfonamides is 1. The van der Waals surface area contributed by atoms with Crippen molar-refractivity contribution >= 4 is 26.0 Å². The first-order chi connectivity index (χ1) is 11.0. The lowest BCUT2D eigenvalue weighted by atomic mass is 10.2. The van der Waals surface area contributed by atoms with Crippen LogP contribution in [0.2, 0.25) is 0 Å². The summed E-state index contributed by atoms with van der Waals surface area (Å²) in [6, 6.07) is 16.7. The van der Waals surface area contributed by atoms with E-state index >= 15 is 0 Å². The van der Waals surface area contributed by atoms with Crippen LogP contribution in [-0.4, -0.2) is 18.8 Å². The molecule has 0 unspecified atom stereocenters. The number of benzene rings is 2. The molecule has 1 aliphatic rings. The van der Waals surface area contributed by atoms with E-state index in [1.165, 1.54) is 0 Å². The quantitative estimate of drug-likeness (QED) is 0.727. The predicted molar refractivity (Wildman–Crippen MR) is 95.5 cm³/mol. The molecule has 0 bridgehead atoms. The van der Waals surface area contributed by atoms with Gasteiger partial charge in [-0.25, -0.2) is 8.42 Å². The summed E-state index contributed by atoms with van der Waals surface area (Å²) < 4.78 is 28.8. The van der Waals surface area contributed by atoms with Gasteiger partial charge in [-0.05, 0) is 49.4 Å². The lowest BCUT2D eigenvalue weighted by molar-refractivity contribution is 0.303. The summed E-state index contributed by atoms with van der Waals surface area (Å²) in [7, 11) is -3.52. The molecule has 23 heavy (non-hydrogen) atoms. The minimum absolute atomic E-state index is 0.0131. The Morgan fingerprint density at radius 2 is 1.83 bits per heavy atom. The fourth-order valence-electron chi connectivity index (χ4n) is 2.79. The van der Waals surface area contributed by atoms with Gasteiger partial charge in [0.15, 0.2) is 0 Å². The van der Waals surface area contributed by atoms with Gasteiger partial charge < -0.3 is 0 Å². The Bertz CT molecular complexity index is 773. The van der Waals surface area contributed by atoms with E-state index < -0.39 is 10.0 Å². The van der Waals surface area contributed by atoms with E-state index in [1.807, 2.05) is 43.3 Å². The van der Waals surface area contributed by atoms with E-state index in [-0.39, 0.29) is 6.04 Å². The van der Waals surface area contributed by atoms with Crippen LogP contribution in [0.3, 0.4) is 0 Å². The summed E-state index contributed by atoms with van der Waals surface area (Å²) in [5, 5.41) is 0. The van der Waals surface area contributed by atoms with Gasteiger partial charge >= 0.3 is 0 Å². The molecule has 1 saturated carbocycles. The third-order valence-electron chi connectivity index (χ3n) is 4.34. The van der Waals surface area contributed by atoms with Crippen LogP contribution < -0.4 is 0 Å². The average Bonchev–Trinajstić information content (AvgIpc) is 3.38. The molecule has 0 amide bonds. The Balaban J connectivity index is 1.96. The van der Waals surface area contributed by atoms with Gasteiger partial charge in [-0.2, -0.15) is 4.31 Å². The summed E-state index contributed by atoms with van der Waals surface area (Å²) in [6.07, 6.45) is 2.22. The third-order valence-corrected chi connectivity index (χ3v) is 6.76. The highest BCUT2D eigenvalue weighted by molar-refractivity contribution is 9.10. The number of hydrogen-bond acceptors (Lipinski definition) is 2. The molecule has 3 nitrogen and oxygen atoms in total. The molecule has 3 rings (SSSR count). The van der Waals surface area contributed by atoms with Crippen molar-refractivity contribution in [3.8, 4) is 0 Å². The van der Waals surface area contributed by atoms with Crippen LogP contribution in [0, 0.1) is 5.92 Å². The molecule has 0 radical (unpaired) electrons. The lowest BCUT2D eigenvalue weighted by Gasteiger charge is -2.28. The van der Waals surface area contributed by atoms with Gasteiger partial charge in [0, 0.05) is 17.1 Å². The fourth-order valence-corrected chi connectivity index (χ4v) is 5.06. The van der Waals surface area contributed by atoms with Crippen molar-refractivity contribution in [1.29, 1.82) is 0 Å². The summed E-state index contributed by atoms with van der Waals surface area (Å²) >= 11 is 3.37. The maximum absolute atomic E-state index is 13.2. The molecule has 0 spiro atoms. The zero-order valence-electron chi connectivity index (χ0n) is 13.0. The van der Waals surface area contributed by atoms with Crippen molar-refractivity contribution < 1.29 is 8.42 Å². The second-order valence-electron chi connectivity index (χ2n) is 6.07. The largest absolute Gasteiger partial charge is 0.243 e. The van der Waals surface area contributed by atoms with Crippen LogP contribution in [-0.2, 0) is 16.6 Å². The van der Waals surface area contributed by atoms with Gasteiger partial charge in [0.05, 0.1) is 4.90 Å². The topological polar surface area (TPSA) is 37.4 Å². The Labute approximate surface area is 146 Å². The molecule has 2 aromatic rings. The molecule has 5 heteroatoms. The van der Waals surface area contributed by atoms with E-state index in [2.05, 4.69) is 15.9 Å². The van der Waals surface area contributed by atoms with Gasteiger partial charge in [-0.3, -0.25) is 0 Å². The van der Waals surface area contributed by atoms with Crippen molar-refractivity contribution in [2.75, 3.05) is 0 Å². The monoisotopic (exact) mass is 393 g/mol. The molecular formula is C18H20BrNO2S. The van der Waals surface area contributed by atoms with Crippen molar-refractivity contribution in [3.05, 3.63) is 64.6 Å². The van der Waals surface area contributed by atoms with E-state index in [0.29, 0.717) is 17.4 Å². The van der Waals surface area contributed by atoms with Crippen molar-refractivity contribution in [1.82, 2.24) is 4.31 Å². The number of nitrogens with zero attached hydrogens (tertiary/aromatic N) is 1. The molecule has 122 valence electrons. The van der Waals surface area contributed by atoms with Crippen LogP contribution >= 0.6 is 15.9 Å². The molecule has 0 N–H and O–H groups in total. The molecule has 0 saturated heterocycles. The molecule has 0 heterocycles. The summed E-state index contributed by atoms with van der Waals surface area (Å²) in [5.74, 6) is 0.473. The maximum Gasteiger partial charge on any atom is 0.243 e. The number of halogens is 1. The van der Waals surface area contributed by atoms with Gasteiger partial charge in [-0.1, -0.05) is 52.3 Å². The van der Waals surface area contributed by atoms with Gasteiger partial charge in [-0.15, -0.1) is 0 Å². The summed E-state index contributed by atoms with van der Waals surface area (Å²) in [4.78, 5) is 0.343.